The summed E-state index contributed by atoms with van der Waals surface area (Å²) in [5.74, 6) is -0.531. The van der Waals surface area contributed by atoms with Crippen LogP contribution in [0.1, 0.15) is 32.8 Å². The number of β-amino-alcohol motifs (C(OH)–C–C–N with tert-alkyl or cyclic N) is 1. The molecule has 0 radical (unpaired) electrons. The van der Waals surface area contributed by atoms with Gasteiger partial charge in [0.25, 0.3) is 0 Å². The van der Waals surface area contributed by atoms with Crippen LogP contribution in [0.3, 0.4) is 0 Å². The lowest BCUT2D eigenvalue weighted by Crippen LogP contribution is -2.44. The molecule has 1 unspecified atom stereocenters. The summed E-state index contributed by atoms with van der Waals surface area (Å²) in [5, 5.41) is 9.79. The molecule has 0 saturated carbocycles. The molecule has 1 heterocycles. The molecule has 2 rings (SSSR count). The van der Waals surface area contributed by atoms with Gasteiger partial charge in [0.05, 0.1) is 12.6 Å². The van der Waals surface area contributed by atoms with Crippen molar-refractivity contribution in [1.82, 2.24) is 4.90 Å². The minimum absolute atomic E-state index is 0.0695. The van der Waals surface area contributed by atoms with Crippen LogP contribution >= 0.6 is 0 Å². The summed E-state index contributed by atoms with van der Waals surface area (Å²) in [6, 6.07) is 8.47. The number of ether oxygens (including phenoxy) is 2. The average Bonchev–Trinajstić information content (AvgIpc) is 2.86. The number of benzene rings is 1. The Hall–Kier alpha value is -2.08. The molecule has 1 amide bonds. The molecule has 23 heavy (non-hydrogen) atoms. The second-order valence-corrected chi connectivity index (χ2v) is 6.63. The van der Waals surface area contributed by atoms with Crippen molar-refractivity contribution in [3.05, 3.63) is 35.9 Å². The van der Waals surface area contributed by atoms with E-state index in [1.165, 1.54) is 4.90 Å². The number of carbonyl (C=O) groups is 2. The maximum absolute atomic E-state index is 12.3. The van der Waals surface area contributed by atoms with Crippen molar-refractivity contribution in [3.8, 4) is 0 Å². The number of esters is 1. The fraction of sp³-hybridized carbons (Fsp3) is 0.529. The zero-order valence-corrected chi connectivity index (χ0v) is 13.7. The minimum atomic E-state index is -0.816. The predicted molar refractivity (Wildman–Crippen MR) is 83.6 cm³/mol. The molecule has 1 fully saturated rings. The number of likely N-dealkylation sites (tertiary alicyclic amines) is 1. The highest BCUT2D eigenvalue weighted by molar-refractivity contribution is 5.82. The van der Waals surface area contributed by atoms with Crippen LogP contribution in [-0.2, 0) is 20.9 Å². The Kier molecular flexibility index (Phi) is 5.26. The maximum atomic E-state index is 12.3. The summed E-state index contributed by atoms with van der Waals surface area (Å²) in [7, 11) is 0. The van der Waals surface area contributed by atoms with Crippen molar-refractivity contribution in [2.45, 2.75) is 51.5 Å². The smallest absolute Gasteiger partial charge is 0.411 e. The monoisotopic (exact) mass is 321 g/mol. The van der Waals surface area contributed by atoms with Crippen molar-refractivity contribution >= 4 is 12.1 Å². The molecular formula is C17H23NO5. The molecule has 6 heteroatoms. The van der Waals surface area contributed by atoms with E-state index >= 15 is 0 Å². The number of hydrogen-bond acceptors (Lipinski definition) is 5. The number of rotatable bonds is 3. The summed E-state index contributed by atoms with van der Waals surface area (Å²) in [6.07, 6.45) is -1.21. The minimum Gasteiger partial charge on any atom is -0.459 e. The van der Waals surface area contributed by atoms with Gasteiger partial charge in [0.2, 0.25) is 0 Å². The topological polar surface area (TPSA) is 76.1 Å². The Morgan fingerprint density at radius 2 is 1.91 bits per heavy atom. The van der Waals surface area contributed by atoms with Gasteiger partial charge in [-0.15, -0.1) is 0 Å². The van der Waals surface area contributed by atoms with E-state index in [1.807, 2.05) is 30.3 Å². The number of amides is 1. The summed E-state index contributed by atoms with van der Waals surface area (Å²) >= 11 is 0. The Bertz CT molecular complexity index is 552. The van der Waals surface area contributed by atoms with E-state index in [9.17, 15) is 14.7 Å². The van der Waals surface area contributed by atoms with E-state index in [4.69, 9.17) is 9.47 Å². The third kappa shape index (κ3) is 4.96. The van der Waals surface area contributed by atoms with Gasteiger partial charge in [0, 0.05) is 6.42 Å². The van der Waals surface area contributed by atoms with Crippen molar-refractivity contribution in [3.63, 3.8) is 0 Å². The van der Waals surface area contributed by atoms with Crippen LogP contribution in [-0.4, -0.2) is 46.4 Å². The number of aliphatic hydroxyl groups excluding tert-OH is 1. The first kappa shape index (κ1) is 17.3. The maximum Gasteiger partial charge on any atom is 0.411 e. The number of hydrogen-bond donors (Lipinski definition) is 1. The van der Waals surface area contributed by atoms with Crippen LogP contribution in [0.5, 0.6) is 0 Å². The van der Waals surface area contributed by atoms with E-state index in [1.54, 1.807) is 20.8 Å². The van der Waals surface area contributed by atoms with Crippen molar-refractivity contribution in [2.24, 2.45) is 0 Å². The van der Waals surface area contributed by atoms with Gasteiger partial charge in [-0.25, -0.2) is 9.59 Å². The Labute approximate surface area is 136 Å². The SMILES string of the molecule is CC(C)(C)OC(=O)N1C[C@H](O)CC1C(=O)OCc1ccccc1. The Morgan fingerprint density at radius 1 is 1.26 bits per heavy atom. The molecule has 2 atom stereocenters. The molecule has 1 aliphatic rings. The first-order chi connectivity index (χ1) is 10.8. The summed E-state index contributed by atoms with van der Waals surface area (Å²) in [5.41, 5.74) is 0.201. The van der Waals surface area contributed by atoms with Crippen LogP contribution < -0.4 is 0 Å². The quantitative estimate of drug-likeness (QED) is 0.863. The third-order valence-electron chi connectivity index (χ3n) is 3.40. The van der Waals surface area contributed by atoms with Gasteiger partial charge in [-0.3, -0.25) is 4.90 Å². The third-order valence-corrected chi connectivity index (χ3v) is 3.40. The Balaban J connectivity index is 1.98. The molecule has 1 aliphatic heterocycles. The number of aliphatic hydroxyl groups is 1. The lowest BCUT2D eigenvalue weighted by Gasteiger charge is -2.27. The van der Waals surface area contributed by atoms with E-state index in [0.29, 0.717) is 0 Å². The second-order valence-electron chi connectivity index (χ2n) is 6.63. The average molecular weight is 321 g/mol. The highest BCUT2D eigenvalue weighted by Crippen LogP contribution is 2.22. The predicted octanol–water partition coefficient (Wildman–Crippen LogP) is 2.10. The largest absolute Gasteiger partial charge is 0.459 e. The molecule has 0 aromatic heterocycles. The van der Waals surface area contributed by atoms with Crippen LogP contribution in [0.4, 0.5) is 4.79 Å². The van der Waals surface area contributed by atoms with Gasteiger partial charge in [-0.2, -0.15) is 0 Å². The highest BCUT2D eigenvalue weighted by Gasteiger charge is 2.41. The molecule has 6 nitrogen and oxygen atoms in total. The molecule has 0 bridgehead atoms. The van der Waals surface area contributed by atoms with Crippen LogP contribution in [0.25, 0.3) is 0 Å². The van der Waals surface area contributed by atoms with Crippen LogP contribution in [0, 0.1) is 0 Å². The van der Waals surface area contributed by atoms with Crippen molar-refractivity contribution < 1.29 is 24.2 Å². The Morgan fingerprint density at radius 3 is 2.52 bits per heavy atom. The summed E-state index contributed by atoms with van der Waals surface area (Å²) in [4.78, 5) is 25.7. The first-order valence-corrected chi connectivity index (χ1v) is 7.64. The van der Waals surface area contributed by atoms with Gasteiger partial charge in [0.15, 0.2) is 0 Å². The van der Waals surface area contributed by atoms with Crippen LogP contribution in [0.2, 0.25) is 0 Å². The summed E-state index contributed by atoms with van der Waals surface area (Å²) in [6.45, 7) is 5.45. The van der Waals surface area contributed by atoms with E-state index in [0.717, 1.165) is 5.56 Å². The lowest BCUT2D eigenvalue weighted by atomic mass is 10.2. The van der Waals surface area contributed by atoms with Gasteiger partial charge < -0.3 is 14.6 Å². The second kappa shape index (κ2) is 7.00. The van der Waals surface area contributed by atoms with Gasteiger partial charge >= 0.3 is 12.1 Å². The zero-order chi connectivity index (χ0) is 17.0. The number of nitrogens with zero attached hydrogens (tertiary/aromatic N) is 1. The standard InChI is InChI=1S/C17H23NO5/c1-17(2,3)23-16(21)18-10-13(19)9-14(18)15(20)22-11-12-7-5-4-6-8-12/h4-8,13-14,19H,9-11H2,1-3H3/t13-,14?/m1/s1. The molecule has 0 spiro atoms. The van der Waals surface area contributed by atoms with Gasteiger partial charge in [-0.1, -0.05) is 30.3 Å². The lowest BCUT2D eigenvalue weighted by molar-refractivity contribution is -0.150. The van der Waals surface area contributed by atoms with E-state index in [-0.39, 0.29) is 19.6 Å². The van der Waals surface area contributed by atoms with Gasteiger partial charge in [-0.05, 0) is 26.3 Å². The van der Waals surface area contributed by atoms with E-state index < -0.39 is 29.8 Å². The van der Waals surface area contributed by atoms with Gasteiger partial charge in [0.1, 0.15) is 18.2 Å². The van der Waals surface area contributed by atoms with Crippen molar-refractivity contribution in [2.75, 3.05) is 6.54 Å². The highest BCUT2D eigenvalue weighted by atomic mass is 16.6. The molecular weight excluding hydrogens is 298 g/mol. The number of carbonyl (C=O) groups excluding carboxylic acids is 2. The molecule has 126 valence electrons. The molecule has 0 aliphatic carbocycles. The first-order valence-electron chi connectivity index (χ1n) is 7.64. The molecule has 1 saturated heterocycles. The fourth-order valence-electron chi connectivity index (χ4n) is 2.38. The fourth-order valence-corrected chi connectivity index (χ4v) is 2.38. The molecule has 1 N–H and O–H groups in total. The summed E-state index contributed by atoms with van der Waals surface area (Å²) < 4.78 is 10.6. The molecule has 1 aromatic carbocycles. The normalized spacial score (nSPS) is 21.1. The van der Waals surface area contributed by atoms with E-state index in [2.05, 4.69) is 0 Å². The van der Waals surface area contributed by atoms with Crippen molar-refractivity contribution in [1.29, 1.82) is 0 Å². The zero-order valence-electron chi connectivity index (χ0n) is 13.7. The molecule has 1 aromatic rings. The van der Waals surface area contributed by atoms with Crippen LogP contribution in [0.15, 0.2) is 30.3 Å².